The van der Waals surface area contributed by atoms with Crippen molar-refractivity contribution in [2.75, 3.05) is 10.5 Å². The van der Waals surface area contributed by atoms with E-state index in [1.807, 2.05) is 6.92 Å². The van der Waals surface area contributed by atoms with Crippen LogP contribution in [0, 0.1) is 0 Å². The van der Waals surface area contributed by atoms with Gasteiger partial charge in [0, 0.05) is 0 Å². The molecule has 0 radical (unpaired) electrons. The maximum Gasteiger partial charge on any atom is 0.326 e. The minimum absolute atomic E-state index is 0.0901. The molecule has 0 heterocycles. The van der Waals surface area contributed by atoms with Gasteiger partial charge in [-0.15, -0.1) is 0 Å². The van der Waals surface area contributed by atoms with Gasteiger partial charge in [0.2, 0.25) is 10.0 Å². The number of carbonyl (C=O) groups is 2. The van der Waals surface area contributed by atoms with Crippen molar-refractivity contribution < 1.29 is 23.1 Å². The molecule has 0 bridgehead atoms. The molecule has 1 aromatic rings. The number of rotatable bonds is 9. The van der Waals surface area contributed by atoms with Gasteiger partial charge in [-0.1, -0.05) is 31.9 Å². The lowest BCUT2D eigenvalue weighted by Crippen LogP contribution is -2.41. The van der Waals surface area contributed by atoms with E-state index in [0.29, 0.717) is 12.8 Å². The zero-order valence-corrected chi connectivity index (χ0v) is 14.0. The third-order valence-electron chi connectivity index (χ3n) is 3.27. The number of carbonyl (C=O) groups excluding carboxylic acids is 1. The molecule has 23 heavy (non-hydrogen) atoms. The summed E-state index contributed by atoms with van der Waals surface area (Å²) in [6, 6.07) is 5.08. The Balaban J connectivity index is 2.97. The first kappa shape index (κ1) is 19.0. The van der Waals surface area contributed by atoms with Gasteiger partial charge in [-0.25, -0.2) is 13.2 Å². The third kappa shape index (κ3) is 5.90. The van der Waals surface area contributed by atoms with Crippen LogP contribution >= 0.6 is 0 Å². The summed E-state index contributed by atoms with van der Waals surface area (Å²) < 4.78 is 25.7. The minimum Gasteiger partial charge on any atom is -0.480 e. The van der Waals surface area contributed by atoms with E-state index in [1.165, 1.54) is 19.1 Å². The van der Waals surface area contributed by atoms with Gasteiger partial charge in [0.15, 0.2) is 0 Å². The molecule has 0 fully saturated rings. The van der Waals surface area contributed by atoms with Gasteiger partial charge in [0.25, 0.3) is 5.91 Å². The predicted octanol–water partition coefficient (Wildman–Crippen LogP) is 1.82. The van der Waals surface area contributed by atoms with Crippen molar-refractivity contribution in [2.45, 2.75) is 39.2 Å². The number of unbranched alkanes of at least 4 members (excludes halogenated alkanes) is 1. The van der Waals surface area contributed by atoms with Crippen LogP contribution in [0.5, 0.6) is 0 Å². The van der Waals surface area contributed by atoms with Crippen molar-refractivity contribution in [3.8, 4) is 0 Å². The number of nitrogens with one attached hydrogen (secondary N) is 2. The molecule has 0 saturated carbocycles. The highest BCUT2D eigenvalue weighted by Crippen LogP contribution is 2.17. The second kappa shape index (κ2) is 8.52. The van der Waals surface area contributed by atoms with Gasteiger partial charge in [-0.2, -0.15) is 0 Å². The van der Waals surface area contributed by atoms with E-state index in [9.17, 15) is 18.0 Å². The summed E-state index contributed by atoms with van der Waals surface area (Å²) in [6.45, 7) is 3.41. The Labute approximate surface area is 136 Å². The minimum atomic E-state index is -3.53. The molecule has 3 N–H and O–H groups in total. The summed E-state index contributed by atoms with van der Waals surface area (Å²) in [5.74, 6) is -1.86. The quantitative estimate of drug-likeness (QED) is 0.633. The predicted molar refractivity (Wildman–Crippen MR) is 87.9 cm³/mol. The largest absolute Gasteiger partial charge is 0.480 e. The van der Waals surface area contributed by atoms with Gasteiger partial charge < -0.3 is 10.4 Å². The van der Waals surface area contributed by atoms with Crippen LogP contribution in [-0.4, -0.2) is 37.2 Å². The van der Waals surface area contributed by atoms with Crippen LogP contribution in [0.2, 0.25) is 0 Å². The molecule has 7 nitrogen and oxygen atoms in total. The van der Waals surface area contributed by atoms with E-state index in [4.69, 9.17) is 5.11 Å². The summed E-state index contributed by atoms with van der Waals surface area (Å²) in [4.78, 5) is 23.5. The summed E-state index contributed by atoms with van der Waals surface area (Å²) in [5.41, 5.74) is 0.221. The molecule has 1 unspecified atom stereocenters. The summed E-state index contributed by atoms with van der Waals surface area (Å²) in [6.07, 6.45) is 1.80. The van der Waals surface area contributed by atoms with Crippen LogP contribution in [0.3, 0.4) is 0 Å². The number of sulfonamides is 1. The number of benzene rings is 1. The fourth-order valence-corrected chi connectivity index (χ4v) is 2.57. The van der Waals surface area contributed by atoms with Gasteiger partial charge in [-0.05, 0) is 25.5 Å². The highest BCUT2D eigenvalue weighted by Gasteiger charge is 2.22. The number of amides is 1. The molecule has 1 amide bonds. The lowest BCUT2D eigenvalue weighted by Gasteiger charge is -2.16. The van der Waals surface area contributed by atoms with E-state index >= 15 is 0 Å². The standard InChI is InChI=1S/C15H22N2O5S/c1-3-5-9-13(15(19)20)16-14(18)11-8-6-7-10-12(11)17-23(21,22)4-2/h6-8,10,13,17H,3-5,9H2,1-2H3,(H,16,18)(H,19,20). The number of para-hydroxylation sites is 1. The van der Waals surface area contributed by atoms with Gasteiger partial charge >= 0.3 is 5.97 Å². The van der Waals surface area contributed by atoms with E-state index in [2.05, 4.69) is 10.0 Å². The average molecular weight is 342 g/mol. The van der Waals surface area contributed by atoms with Crippen LogP contribution in [0.4, 0.5) is 5.69 Å². The molecular formula is C15H22N2O5S. The number of carboxylic acid groups (broad SMARTS) is 1. The van der Waals surface area contributed by atoms with E-state index in [1.54, 1.807) is 12.1 Å². The molecule has 0 saturated heterocycles. The smallest absolute Gasteiger partial charge is 0.326 e. The van der Waals surface area contributed by atoms with E-state index < -0.39 is 27.9 Å². The number of hydrogen-bond donors (Lipinski definition) is 3. The number of aliphatic carboxylic acids is 1. The SMILES string of the molecule is CCCCC(NC(=O)c1ccccc1NS(=O)(=O)CC)C(=O)O. The van der Waals surface area contributed by atoms with Crippen molar-refractivity contribution >= 4 is 27.6 Å². The highest BCUT2D eigenvalue weighted by atomic mass is 32.2. The molecule has 8 heteroatoms. The lowest BCUT2D eigenvalue weighted by molar-refractivity contribution is -0.139. The maximum atomic E-state index is 12.3. The number of carboxylic acids is 1. The summed E-state index contributed by atoms with van der Waals surface area (Å²) >= 11 is 0. The lowest BCUT2D eigenvalue weighted by atomic mass is 10.1. The van der Waals surface area contributed by atoms with E-state index in [-0.39, 0.29) is 17.0 Å². The summed E-state index contributed by atoms with van der Waals surface area (Å²) in [5, 5.41) is 11.6. The highest BCUT2D eigenvalue weighted by molar-refractivity contribution is 7.92. The Bertz CT molecular complexity index is 658. The van der Waals surface area contributed by atoms with Crippen LogP contribution in [0.25, 0.3) is 0 Å². The first-order valence-electron chi connectivity index (χ1n) is 7.44. The molecule has 0 aliphatic rings. The fraction of sp³-hybridized carbons (Fsp3) is 0.467. The first-order valence-corrected chi connectivity index (χ1v) is 9.09. The number of anilines is 1. The molecule has 0 aromatic heterocycles. The van der Waals surface area contributed by atoms with Crippen molar-refractivity contribution in [1.29, 1.82) is 0 Å². The second-order valence-electron chi connectivity index (χ2n) is 5.06. The van der Waals surface area contributed by atoms with E-state index in [0.717, 1.165) is 6.42 Å². The summed E-state index contributed by atoms with van der Waals surface area (Å²) in [7, 11) is -3.53. The van der Waals surface area contributed by atoms with Gasteiger partial charge in [-0.3, -0.25) is 9.52 Å². The van der Waals surface area contributed by atoms with Crippen LogP contribution in [-0.2, 0) is 14.8 Å². The van der Waals surface area contributed by atoms with Crippen molar-refractivity contribution in [1.82, 2.24) is 5.32 Å². The molecule has 128 valence electrons. The van der Waals surface area contributed by atoms with Crippen LogP contribution < -0.4 is 10.0 Å². The monoisotopic (exact) mass is 342 g/mol. The molecule has 1 atom stereocenters. The van der Waals surface area contributed by atoms with Gasteiger partial charge in [0.1, 0.15) is 6.04 Å². The second-order valence-corrected chi connectivity index (χ2v) is 7.07. The third-order valence-corrected chi connectivity index (χ3v) is 4.56. The fourth-order valence-electron chi connectivity index (χ4n) is 1.91. The van der Waals surface area contributed by atoms with Crippen molar-refractivity contribution in [3.05, 3.63) is 29.8 Å². The van der Waals surface area contributed by atoms with Crippen molar-refractivity contribution in [3.63, 3.8) is 0 Å². The molecule has 0 aliphatic heterocycles. The Morgan fingerprint density at radius 3 is 2.43 bits per heavy atom. The average Bonchev–Trinajstić information content (AvgIpc) is 2.51. The number of hydrogen-bond acceptors (Lipinski definition) is 4. The first-order chi connectivity index (χ1) is 10.8. The normalized spacial score (nSPS) is 12.4. The molecule has 0 spiro atoms. The molecule has 1 aromatic carbocycles. The molecule has 1 rings (SSSR count). The van der Waals surface area contributed by atoms with Crippen LogP contribution in [0.15, 0.2) is 24.3 Å². The Morgan fingerprint density at radius 1 is 1.22 bits per heavy atom. The Hall–Kier alpha value is -2.09. The topological polar surface area (TPSA) is 113 Å². The maximum absolute atomic E-state index is 12.3. The molecular weight excluding hydrogens is 320 g/mol. The Kier molecular flexibility index (Phi) is 7.02. The molecule has 0 aliphatic carbocycles. The van der Waals surface area contributed by atoms with Gasteiger partial charge in [0.05, 0.1) is 17.0 Å². The van der Waals surface area contributed by atoms with Crippen LogP contribution in [0.1, 0.15) is 43.5 Å². The Morgan fingerprint density at radius 2 is 1.87 bits per heavy atom. The zero-order valence-electron chi connectivity index (χ0n) is 13.2. The zero-order chi connectivity index (χ0) is 17.5. The van der Waals surface area contributed by atoms with Crippen molar-refractivity contribution in [2.24, 2.45) is 0 Å².